The Hall–Kier alpha value is -0.190. The Kier molecular flexibility index (Phi) is 4.09. The summed E-state index contributed by atoms with van der Waals surface area (Å²) < 4.78 is 5.80. The fourth-order valence-electron chi connectivity index (χ4n) is 0.819. The van der Waals surface area contributed by atoms with Gasteiger partial charge in [-0.05, 0) is 22.9 Å². The first-order valence-corrected chi connectivity index (χ1v) is 5.00. The summed E-state index contributed by atoms with van der Waals surface area (Å²) in [6.45, 7) is 1.96. The van der Waals surface area contributed by atoms with E-state index in [4.69, 9.17) is 16.3 Å². The molecule has 13 heavy (non-hydrogen) atoms. The number of aromatic nitrogens is 2. The number of hydrogen-bond acceptors (Lipinski definition) is 3. The van der Waals surface area contributed by atoms with Crippen molar-refractivity contribution in [2.24, 2.45) is 0 Å². The summed E-state index contributed by atoms with van der Waals surface area (Å²) >= 11 is 9.03. The van der Waals surface area contributed by atoms with Crippen LogP contribution in [0.25, 0.3) is 0 Å². The van der Waals surface area contributed by atoms with Crippen molar-refractivity contribution >= 4 is 27.5 Å². The quantitative estimate of drug-likeness (QED) is 0.788. The first-order valence-electron chi connectivity index (χ1n) is 3.83. The molecule has 0 aromatic carbocycles. The Balaban J connectivity index is 2.73. The van der Waals surface area contributed by atoms with Crippen molar-refractivity contribution in [3.8, 4) is 0 Å². The molecular weight excluding hydrogens is 255 g/mol. The third kappa shape index (κ3) is 3.21. The van der Waals surface area contributed by atoms with Crippen LogP contribution in [0, 0.1) is 0 Å². The Morgan fingerprint density at radius 2 is 2.38 bits per heavy atom. The minimum Gasteiger partial charge on any atom is -0.381 e. The second kappa shape index (κ2) is 4.88. The highest BCUT2D eigenvalue weighted by Gasteiger charge is 2.06. The summed E-state index contributed by atoms with van der Waals surface area (Å²) in [6.07, 6.45) is 2.42. The molecule has 0 bridgehead atoms. The molecule has 72 valence electrons. The molecule has 0 aliphatic carbocycles. The van der Waals surface area contributed by atoms with E-state index in [9.17, 15) is 0 Å². The SMILES string of the molecule is COC(C)Cc1ncc(Br)c(Cl)n1. The highest BCUT2D eigenvalue weighted by Crippen LogP contribution is 2.18. The number of ether oxygens (including phenoxy) is 1. The van der Waals surface area contributed by atoms with Gasteiger partial charge in [-0.2, -0.15) is 0 Å². The fraction of sp³-hybridized carbons (Fsp3) is 0.500. The predicted octanol–water partition coefficient (Wildman–Crippen LogP) is 2.47. The van der Waals surface area contributed by atoms with Gasteiger partial charge in [-0.3, -0.25) is 0 Å². The Morgan fingerprint density at radius 3 is 2.92 bits per heavy atom. The van der Waals surface area contributed by atoms with E-state index in [2.05, 4.69) is 25.9 Å². The first-order chi connectivity index (χ1) is 6.13. The molecule has 0 radical (unpaired) electrons. The summed E-state index contributed by atoms with van der Waals surface area (Å²) in [5, 5.41) is 0.438. The van der Waals surface area contributed by atoms with Crippen molar-refractivity contribution in [3.05, 3.63) is 21.6 Å². The van der Waals surface area contributed by atoms with Crippen LogP contribution in [0.2, 0.25) is 5.15 Å². The Labute approximate surface area is 90.6 Å². The van der Waals surface area contributed by atoms with Gasteiger partial charge in [-0.25, -0.2) is 9.97 Å². The van der Waals surface area contributed by atoms with E-state index < -0.39 is 0 Å². The average molecular weight is 266 g/mol. The van der Waals surface area contributed by atoms with Crippen LogP contribution in [-0.4, -0.2) is 23.2 Å². The largest absolute Gasteiger partial charge is 0.381 e. The molecule has 1 unspecified atom stereocenters. The third-order valence-corrected chi connectivity index (χ3v) is 2.72. The lowest BCUT2D eigenvalue weighted by Gasteiger charge is -2.07. The monoisotopic (exact) mass is 264 g/mol. The minimum atomic E-state index is 0.109. The van der Waals surface area contributed by atoms with Crippen LogP contribution >= 0.6 is 27.5 Å². The van der Waals surface area contributed by atoms with Crippen LogP contribution < -0.4 is 0 Å². The molecule has 1 atom stereocenters. The number of nitrogens with zero attached hydrogens (tertiary/aromatic N) is 2. The molecule has 1 aromatic heterocycles. The van der Waals surface area contributed by atoms with Crippen molar-refractivity contribution in [3.63, 3.8) is 0 Å². The molecule has 1 heterocycles. The van der Waals surface area contributed by atoms with Crippen molar-refractivity contribution in [2.45, 2.75) is 19.4 Å². The number of methoxy groups -OCH3 is 1. The summed E-state index contributed by atoms with van der Waals surface area (Å²) in [4.78, 5) is 8.19. The molecule has 0 aliphatic rings. The first kappa shape index (κ1) is 10.9. The van der Waals surface area contributed by atoms with Crippen LogP contribution in [0.4, 0.5) is 0 Å². The Bertz CT molecular complexity index is 295. The molecule has 0 saturated carbocycles. The van der Waals surface area contributed by atoms with Crippen LogP contribution in [-0.2, 0) is 11.2 Å². The van der Waals surface area contributed by atoms with Gasteiger partial charge in [0.2, 0.25) is 0 Å². The van der Waals surface area contributed by atoms with E-state index in [1.807, 2.05) is 6.92 Å². The second-order valence-corrected chi connectivity index (χ2v) is 3.89. The maximum atomic E-state index is 5.80. The van der Waals surface area contributed by atoms with Gasteiger partial charge in [0.15, 0.2) is 0 Å². The van der Waals surface area contributed by atoms with E-state index in [1.165, 1.54) is 0 Å². The number of halogens is 2. The van der Waals surface area contributed by atoms with Gasteiger partial charge in [0.05, 0.1) is 10.6 Å². The van der Waals surface area contributed by atoms with Crippen molar-refractivity contribution in [1.82, 2.24) is 9.97 Å². The zero-order valence-electron chi connectivity index (χ0n) is 7.42. The molecular formula is C8H10BrClN2O. The molecule has 0 spiro atoms. The van der Waals surface area contributed by atoms with Crippen molar-refractivity contribution < 1.29 is 4.74 Å². The molecule has 0 aliphatic heterocycles. The van der Waals surface area contributed by atoms with Crippen LogP contribution in [0.1, 0.15) is 12.7 Å². The Morgan fingerprint density at radius 1 is 1.69 bits per heavy atom. The minimum absolute atomic E-state index is 0.109. The maximum absolute atomic E-state index is 5.80. The number of hydrogen-bond donors (Lipinski definition) is 0. The van der Waals surface area contributed by atoms with Crippen molar-refractivity contribution in [1.29, 1.82) is 0 Å². The van der Waals surface area contributed by atoms with Gasteiger partial charge in [-0.1, -0.05) is 11.6 Å². The summed E-state index contributed by atoms with van der Waals surface area (Å²) in [5.41, 5.74) is 0. The maximum Gasteiger partial charge on any atom is 0.146 e. The van der Waals surface area contributed by atoms with E-state index in [0.717, 1.165) is 0 Å². The second-order valence-electron chi connectivity index (χ2n) is 2.68. The zero-order chi connectivity index (χ0) is 9.84. The van der Waals surface area contributed by atoms with Crippen LogP contribution in [0.15, 0.2) is 10.7 Å². The molecule has 0 amide bonds. The van der Waals surface area contributed by atoms with Crippen LogP contribution in [0.3, 0.4) is 0 Å². The lowest BCUT2D eigenvalue weighted by atomic mass is 10.3. The molecule has 0 N–H and O–H groups in total. The smallest absolute Gasteiger partial charge is 0.146 e. The average Bonchev–Trinajstić information content (AvgIpc) is 2.11. The van der Waals surface area contributed by atoms with Crippen molar-refractivity contribution in [2.75, 3.05) is 7.11 Å². The summed E-state index contributed by atoms with van der Waals surface area (Å²) in [5.74, 6) is 0.697. The molecule has 3 nitrogen and oxygen atoms in total. The number of rotatable bonds is 3. The predicted molar refractivity (Wildman–Crippen MR) is 54.9 cm³/mol. The molecule has 0 saturated heterocycles. The van der Waals surface area contributed by atoms with Gasteiger partial charge >= 0.3 is 0 Å². The van der Waals surface area contributed by atoms with Crippen LogP contribution in [0.5, 0.6) is 0 Å². The fourth-order valence-corrected chi connectivity index (χ4v) is 1.16. The molecule has 1 aromatic rings. The lowest BCUT2D eigenvalue weighted by Crippen LogP contribution is -2.11. The van der Waals surface area contributed by atoms with Gasteiger partial charge < -0.3 is 4.74 Å². The van der Waals surface area contributed by atoms with E-state index in [-0.39, 0.29) is 6.10 Å². The van der Waals surface area contributed by atoms with Gasteiger partial charge in [0.25, 0.3) is 0 Å². The summed E-state index contributed by atoms with van der Waals surface area (Å²) in [7, 11) is 1.66. The molecule has 1 rings (SSSR count). The molecule has 5 heteroatoms. The normalized spacial score (nSPS) is 12.9. The highest BCUT2D eigenvalue weighted by molar-refractivity contribution is 9.10. The highest BCUT2D eigenvalue weighted by atomic mass is 79.9. The zero-order valence-corrected chi connectivity index (χ0v) is 9.76. The topological polar surface area (TPSA) is 35.0 Å². The third-order valence-electron chi connectivity index (χ3n) is 1.62. The van der Waals surface area contributed by atoms with E-state index >= 15 is 0 Å². The summed E-state index contributed by atoms with van der Waals surface area (Å²) in [6, 6.07) is 0. The van der Waals surface area contributed by atoms with Gasteiger partial charge in [-0.15, -0.1) is 0 Å². The standard InChI is InChI=1S/C8H10BrClN2O/c1-5(13-2)3-7-11-4-6(9)8(10)12-7/h4-5H,3H2,1-2H3. The van der Waals surface area contributed by atoms with Gasteiger partial charge in [0, 0.05) is 19.7 Å². The van der Waals surface area contributed by atoms with Gasteiger partial charge in [0.1, 0.15) is 11.0 Å². The molecule has 0 fully saturated rings. The van der Waals surface area contributed by atoms with E-state index in [0.29, 0.717) is 21.9 Å². The van der Waals surface area contributed by atoms with E-state index in [1.54, 1.807) is 13.3 Å². The lowest BCUT2D eigenvalue weighted by molar-refractivity contribution is 0.117.